The molecule has 3 rings (SSSR count). The third kappa shape index (κ3) is 4.45. The maximum Gasteiger partial charge on any atom is 0.263 e. The predicted molar refractivity (Wildman–Crippen MR) is 92.1 cm³/mol. The van der Waals surface area contributed by atoms with Crippen molar-refractivity contribution >= 4 is 31.4 Å². The highest BCUT2D eigenvalue weighted by atomic mass is 32.2. The molecule has 2 aromatic rings. The number of aromatic nitrogens is 1. The average Bonchev–Trinajstić information content (AvgIpc) is 2.88. The third-order valence-electron chi connectivity index (χ3n) is 3.73. The molecule has 1 aliphatic heterocycles. The summed E-state index contributed by atoms with van der Waals surface area (Å²) < 4.78 is 62.5. The summed E-state index contributed by atoms with van der Waals surface area (Å²) in [6, 6.07) is 7.35. The maximum atomic E-state index is 12.9. The van der Waals surface area contributed by atoms with Gasteiger partial charge in [0.15, 0.2) is 9.84 Å². The van der Waals surface area contributed by atoms with Gasteiger partial charge in [-0.25, -0.2) is 26.2 Å². The Kier molecular flexibility index (Phi) is 4.65. The molecule has 7 nitrogen and oxygen atoms in total. The van der Waals surface area contributed by atoms with E-state index in [4.69, 9.17) is 0 Å². The van der Waals surface area contributed by atoms with Crippen LogP contribution in [0.3, 0.4) is 0 Å². The monoisotopic (exact) mass is 385 g/mol. The second kappa shape index (κ2) is 6.60. The van der Waals surface area contributed by atoms with Crippen LogP contribution in [0.25, 0.3) is 0 Å². The van der Waals surface area contributed by atoms with Crippen molar-refractivity contribution in [3.8, 4) is 0 Å². The van der Waals surface area contributed by atoms with Gasteiger partial charge < -0.3 is 5.32 Å². The minimum Gasteiger partial charge on any atom is -0.380 e. The van der Waals surface area contributed by atoms with Crippen LogP contribution in [0.4, 0.5) is 15.9 Å². The molecular formula is C15H16FN3O4S2. The Balaban J connectivity index is 1.67. The van der Waals surface area contributed by atoms with E-state index in [0.29, 0.717) is 12.1 Å². The Morgan fingerprint density at radius 1 is 1.12 bits per heavy atom. The van der Waals surface area contributed by atoms with Crippen LogP contribution in [0.5, 0.6) is 0 Å². The molecule has 134 valence electrons. The number of sulfonamides is 1. The molecule has 2 N–H and O–H groups in total. The van der Waals surface area contributed by atoms with E-state index in [1.54, 1.807) is 6.07 Å². The van der Waals surface area contributed by atoms with Crippen LogP contribution in [0.15, 0.2) is 47.5 Å². The van der Waals surface area contributed by atoms with Gasteiger partial charge in [0.25, 0.3) is 10.0 Å². The Morgan fingerprint density at radius 3 is 2.40 bits per heavy atom. The summed E-state index contributed by atoms with van der Waals surface area (Å²) in [5.74, 6) is -0.185. The van der Waals surface area contributed by atoms with Crippen molar-refractivity contribution in [3.63, 3.8) is 0 Å². The zero-order valence-electron chi connectivity index (χ0n) is 13.0. The molecule has 1 fully saturated rings. The van der Waals surface area contributed by atoms with Gasteiger partial charge in [0.2, 0.25) is 0 Å². The minimum atomic E-state index is -3.86. The zero-order valence-corrected chi connectivity index (χ0v) is 14.6. The van der Waals surface area contributed by atoms with Gasteiger partial charge in [0.05, 0.1) is 28.3 Å². The molecule has 0 saturated carbocycles. The van der Waals surface area contributed by atoms with Gasteiger partial charge in [-0.15, -0.1) is 0 Å². The lowest BCUT2D eigenvalue weighted by Gasteiger charge is -2.13. The highest BCUT2D eigenvalue weighted by Gasteiger charge is 2.27. The largest absolute Gasteiger partial charge is 0.380 e. The first-order chi connectivity index (χ1) is 11.7. The van der Waals surface area contributed by atoms with Crippen LogP contribution >= 0.6 is 0 Å². The second-order valence-corrected chi connectivity index (χ2v) is 9.65. The van der Waals surface area contributed by atoms with Crippen molar-refractivity contribution in [2.75, 3.05) is 21.5 Å². The molecule has 1 aliphatic rings. The number of hydrogen-bond donors (Lipinski definition) is 2. The van der Waals surface area contributed by atoms with Gasteiger partial charge in [-0.2, -0.15) is 0 Å². The molecule has 0 bridgehead atoms. The number of nitrogens with zero attached hydrogens (tertiary/aromatic N) is 1. The number of halogens is 1. The van der Waals surface area contributed by atoms with Gasteiger partial charge in [0, 0.05) is 6.04 Å². The van der Waals surface area contributed by atoms with E-state index in [9.17, 15) is 21.2 Å². The first-order valence-electron chi connectivity index (χ1n) is 7.45. The summed E-state index contributed by atoms with van der Waals surface area (Å²) in [4.78, 5) is 3.93. The first-order valence-corrected chi connectivity index (χ1v) is 10.8. The summed E-state index contributed by atoms with van der Waals surface area (Å²) >= 11 is 0. The van der Waals surface area contributed by atoms with Gasteiger partial charge in [0.1, 0.15) is 11.6 Å². The highest BCUT2D eigenvalue weighted by Crippen LogP contribution is 2.19. The fraction of sp³-hybridized carbons (Fsp3) is 0.267. The number of hydrogen-bond acceptors (Lipinski definition) is 6. The molecule has 1 aromatic heterocycles. The van der Waals surface area contributed by atoms with Crippen LogP contribution < -0.4 is 10.0 Å². The van der Waals surface area contributed by atoms with Crippen molar-refractivity contribution in [1.29, 1.82) is 0 Å². The molecular weight excluding hydrogens is 369 g/mol. The number of sulfone groups is 1. The number of nitrogens with one attached hydrogen (secondary N) is 2. The number of pyridine rings is 1. The second-order valence-electron chi connectivity index (χ2n) is 5.74. The van der Waals surface area contributed by atoms with Gasteiger partial charge in [-0.1, -0.05) is 0 Å². The topological polar surface area (TPSA) is 105 Å². The lowest BCUT2D eigenvalue weighted by Crippen LogP contribution is -2.20. The number of anilines is 2. The van der Waals surface area contributed by atoms with E-state index in [2.05, 4.69) is 15.0 Å². The minimum absolute atomic E-state index is 0.0749. The first kappa shape index (κ1) is 17.6. The van der Waals surface area contributed by atoms with Crippen LogP contribution in [0.1, 0.15) is 6.42 Å². The smallest absolute Gasteiger partial charge is 0.263 e. The van der Waals surface area contributed by atoms with E-state index in [0.717, 1.165) is 24.3 Å². The van der Waals surface area contributed by atoms with Gasteiger partial charge in [-0.05, 0) is 42.8 Å². The number of benzene rings is 1. The normalized spacial score (nSPS) is 19.5. The number of rotatable bonds is 5. The summed E-state index contributed by atoms with van der Waals surface area (Å²) in [6.07, 6.45) is 1.95. The Morgan fingerprint density at radius 2 is 1.84 bits per heavy atom. The molecule has 25 heavy (non-hydrogen) atoms. The van der Waals surface area contributed by atoms with Crippen LogP contribution in [0, 0.1) is 5.82 Å². The van der Waals surface area contributed by atoms with Crippen LogP contribution in [-0.2, 0) is 19.9 Å². The maximum absolute atomic E-state index is 12.9. The van der Waals surface area contributed by atoms with E-state index in [-0.39, 0.29) is 28.3 Å². The van der Waals surface area contributed by atoms with Crippen LogP contribution in [-0.4, -0.2) is 39.4 Å². The molecule has 1 saturated heterocycles. The van der Waals surface area contributed by atoms with Gasteiger partial charge >= 0.3 is 0 Å². The fourth-order valence-corrected chi connectivity index (χ4v) is 5.18. The molecule has 0 aliphatic carbocycles. The summed E-state index contributed by atoms with van der Waals surface area (Å²) in [5.41, 5.74) is 0.604. The lowest BCUT2D eigenvalue weighted by molar-refractivity contribution is 0.598. The molecule has 1 aromatic carbocycles. The van der Waals surface area contributed by atoms with Crippen molar-refractivity contribution in [2.24, 2.45) is 0 Å². The Bertz CT molecular complexity index is 959. The fourth-order valence-electron chi connectivity index (χ4n) is 2.49. The summed E-state index contributed by atoms with van der Waals surface area (Å²) in [7, 11) is -6.84. The SMILES string of the molecule is O=S1(=O)CCC(Nc2ccc(NS(=O)(=O)c3ccc(F)cc3)nc2)C1. The summed E-state index contributed by atoms with van der Waals surface area (Å²) in [6.45, 7) is 0. The van der Waals surface area contributed by atoms with Crippen molar-refractivity contribution < 1.29 is 21.2 Å². The van der Waals surface area contributed by atoms with E-state index < -0.39 is 25.7 Å². The summed E-state index contributed by atoms with van der Waals surface area (Å²) in [5, 5.41) is 3.06. The zero-order chi connectivity index (χ0) is 18.1. The third-order valence-corrected chi connectivity index (χ3v) is 6.87. The predicted octanol–water partition coefficient (Wildman–Crippen LogP) is 1.62. The van der Waals surface area contributed by atoms with Gasteiger partial charge in [-0.3, -0.25) is 4.72 Å². The molecule has 10 heteroatoms. The molecule has 0 amide bonds. The Hall–Kier alpha value is -2.20. The van der Waals surface area contributed by atoms with E-state index in [1.807, 2.05) is 0 Å². The van der Waals surface area contributed by atoms with Crippen molar-refractivity contribution in [1.82, 2.24) is 4.98 Å². The van der Waals surface area contributed by atoms with Crippen molar-refractivity contribution in [3.05, 3.63) is 48.4 Å². The standard InChI is InChI=1S/C15H16FN3O4S2/c16-11-1-4-14(5-2-11)25(22,23)19-15-6-3-12(9-17-15)18-13-7-8-24(20,21)10-13/h1-6,9,13,18H,7-8,10H2,(H,17,19). The van der Waals surface area contributed by atoms with Crippen molar-refractivity contribution in [2.45, 2.75) is 17.4 Å². The lowest BCUT2D eigenvalue weighted by atomic mass is 10.2. The molecule has 1 unspecified atom stereocenters. The highest BCUT2D eigenvalue weighted by molar-refractivity contribution is 7.92. The quantitative estimate of drug-likeness (QED) is 0.810. The molecule has 0 spiro atoms. The van der Waals surface area contributed by atoms with E-state index >= 15 is 0 Å². The molecule has 2 heterocycles. The molecule has 0 radical (unpaired) electrons. The Labute approximate surface area is 145 Å². The van der Waals surface area contributed by atoms with E-state index in [1.165, 1.54) is 12.3 Å². The molecule has 1 atom stereocenters. The van der Waals surface area contributed by atoms with Crippen LogP contribution in [0.2, 0.25) is 0 Å². The average molecular weight is 385 g/mol.